The number of fused-ring (bicyclic) bond motifs is 2. The van der Waals surface area contributed by atoms with Gasteiger partial charge in [-0.2, -0.15) is 0 Å². The number of benzene rings is 3. The first-order valence-corrected chi connectivity index (χ1v) is 18.4. The van der Waals surface area contributed by atoms with Crippen LogP contribution >= 0.6 is 0 Å². The lowest BCUT2D eigenvalue weighted by atomic mass is 10.0. The number of hydrogen-bond donors (Lipinski definition) is 10. The number of aliphatic hydroxyl groups is 1. The number of aliphatic imine (C=N–C) groups is 1. The van der Waals surface area contributed by atoms with Crippen LogP contribution in [0.4, 0.5) is 11.4 Å². The van der Waals surface area contributed by atoms with E-state index in [0.29, 0.717) is 41.5 Å². The van der Waals surface area contributed by atoms with Gasteiger partial charge in [0.25, 0.3) is 5.91 Å². The van der Waals surface area contributed by atoms with Crippen LogP contribution in [0.5, 0.6) is 0 Å². The summed E-state index contributed by atoms with van der Waals surface area (Å²) in [6.07, 6.45) is 1.39. The minimum Gasteiger partial charge on any atom is -0.394 e. The van der Waals surface area contributed by atoms with E-state index in [-0.39, 0.29) is 49.3 Å². The molecule has 0 aliphatic rings. The van der Waals surface area contributed by atoms with Crippen molar-refractivity contribution in [3.05, 3.63) is 77.9 Å². The lowest BCUT2D eigenvalue weighted by Crippen LogP contribution is -2.56. The fourth-order valence-electron chi connectivity index (χ4n) is 5.94. The van der Waals surface area contributed by atoms with Crippen LogP contribution in [-0.2, 0) is 25.7 Å². The molecular formula is C39H52N11O6+. The smallest absolute Gasteiger partial charge is 0.254 e. The number of anilines is 2. The van der Waals surface area contributed by atoms with E-state index >= 15 is 0 Å². The van der Waals surface area contributed by atoms with Crippen molar-refractivity contribution >= 4 is 68.7 Å². The molecule has 0 unspecified atom stereocenters. The van der Waals surface area contributed by atoms with Crippen LogP contribution in [-0.4, -0.2) is 83.4 Å². The number of carbonyl (C=O) groups is 5. The molecule has 3 atom stereocenters. The molecule has 0 aliphatic carbocycles. The van der Waals surface area contributed by atoms with Gasteiger partial charge in [0.1, 0.15) is 18.1 Å². The van der Waals surface area contributed by atoms with Crippen LogP contribution in [0, 0.1) is 5.92 Å². The molecule has 0 bridgehead atoms. The topological polar surface area (TPSA) is 297 Å². The van der Waals surface area contributed by atoms with Crippen LogP contribution in [0.1, 0.15) is 55.5 Å². The van der Waals surface area contributed by atoms with Crippen molar-refractivity contribution in [2.45, 2.75) is 64.2 Å². The SMILES string of the molecule is CC(C)[C@H](NC(=O)[C@H](CO)NC(=O)CCC[NH3+])C(=O)NCc1ccc(Nc2c3ccccc3nc3c(C(=O)N[C@@H](CCCN=C(N)N)C(N)=O)cccc23)cc1. The Morgan fingerprint density at radius 3 is 2.21 bits per heavy atom. The van der Waals surface area contributed by atoms with Gasteiger partial charge >= 0.3 is 0 Å². The van der Waals surface area contributed by atoms with Gasteiger partial charge < -0.3 is 54.6 Å². The highest BCUT2D eigenvalue weighted by Gasteiger charge is 2.28. The number of rotatable bonds is 20. The third kappa shape index (κ3) is 11.6. The number of pyridine rings is 1. The summed E-state index contributed by atoms with van der Waals surface area (Å²) in [6, 6.07) is 17.1. The van der Waals surface area contributed by atoms with Gasteiger partial charge in [-0.3, -0.25) is 29.0 Å². The molecular weight excluding hydrogens is 718 g/mol. The molecule has 0 aliphatic heterocycles. The molecule has 0 fully saturated rings. The maximum Gasteiger partial charge on any atom is 0.254 e. The number of nitrogens with zero attached hydrogens (tertiary/aromatic N) is 2. The van der Waals surface area contributed by atoms with Gasteiger partial charge in [-0.1, -0.05) is 56.3 Å². The third-order valence-electron chi connectivity index (χ3n) is 8.97. The van der Waals surface area contributed by atoms with E-state index in [1.807, 2.05) is 54.6 Å². The van der Waals surface area contributed by atoms with Gasteiger partial charge in [0, 0.05) is 42.4 Å². The van der Waals surface area contributed by atoms with Gasteiger partial charge in [-0.25, -0.2) is 4.98 Å². The van der Waals surface area contributed by atoms with Crippen LogP contribution in [0.25, 0.3) is 21.8 Å². The van der Waals surface area contributed by atoms with Crippen molar-refractivity contribution < 1.29 is 34.8 Å². The first-order valence-electron chi connectivity index (χ1n) is 18.4. The summed E-state index contributed by atoms with van der Waals surface area (Å²) >= 11 is 0. The van der Waals surface area contributed by atoms with E-state index in [4.69, 9.17) is 22.2 Å². The van der Waals surface area contributed by atoms with Gasteiger partial charge in [-0.15, -0.1) is 0 Å². The van der Waals surface area contributed by atoms with Gasteiger partial charge in [-0.05, 0) is 48.6 Å². The Morgan fingerprint density at radius 1 is 0.839 bits per heavy atom. The molecule has 3 aromatic carbocycles. The maximum absolute atomic E-state index is 13.6. The number of quaternary nitrogens is 1. The van der Waals surface area contributed by atoms with Crippen LogP contribution < -0.4 is 49.5 Å². The zero-order chi connectivity index (χ0) is 40.8. The largest absolute Gasteiger partial charge is 0.394 e. The Morgan fingerprint density at radius 2 is 1.55 bits per heavy atom. The molecule has 4 aromatic rings. The number of carbonyl (C=O) groups excluding carboxylic acids is 5. The molecule has 15 N–H and O–H groups in total. The van der Waals surface area contributed by atoms with E-state index < -0.39 is 48.4 Å². The zero-order valence-corrected chi connectivity index (χ0v) is 31.6. The zero-order valence-electron chi connectivity index (χ0n) is 31.6. The summed E-state index contributed by atoms with van der Waals surface area (Å²) in [4.78, 5) is 72.7. The van der Waals surface area contributed by atoms with E-state index in [0.717, 1.165) is 16.6 Å². The number of guanidine groups is 1. The standard InChI is InChI=1S/C39H51N11O6/c1-22(2)32(50-37(55)30(21-51)47-31(52)13-6-18-40)38(56)45-20-23-14-16-24(17-15-23)46-33-25-8-3-4-11-28(25)48-34-26(33)9-5-10-27(34)36(54)49-29(35(41)53)12-7-19-44-39(42)43/h3-5,8-11,14-17,22,29-30,32,51H,6-7,12-13,18-21,40H2,1-2H3,(H2,41,53)(H,45,56)(H,46,48)(H,47,52)(H,49,54)(H,50,55)(H4,42,43,44)/p+1/t29-,30-,32-/m0/s1. The summed E-state index contributed by atoms with van der Waals surface area (Å²) in [6.45, 7) is 3.96. The monoisotopic (exact) mass is 770 g/mol. The Labute approximate surface area is 324 Å². The average Bonchev–Trinajstić information content (AvgIpc) is 3.18. The number of amides is 5. The Hall–Kier alpha value is -6.33. The molecule has 4 rings (SSSR count). The third-order valence-corrected chi connectivity index (χ3v) is 8.97. The number of aliphatic hydroxyl groups excluding tert-OH is 1. The van der Waals surface area contributed by atoms with Crippen LogP contribution in [0.3, 0.4) is 0 Å². The molecule has 1 aromatic heterocycles. The summed E-state index contributed by atoms with van der Waals surface area (Å²) in [5.41, 5.74) is 23.6. The lowest BCUT2D eigenvalue weighted by Gasteiger charge is -2.24. The summed E-state index contributed by atoms with van der Waals surface area (Å²) in [7, 11) is 0. The summed E-state index contributed by atoms with van der Waals surface area (Å²) in [5, 5.41) is 25.4. The normalized spacial score (nSPS) is 12.7. The maximum atomic E-state index is 13.6. The predicted molar refractivity (Wildman–Crippen MR) is 214 cm³/mol. The molecule has 1 heterocycles. The minimum absolute atomic E-state index is 0.0676. The number of aromatic nitrogens is 1. The molecule has 17 heteroatoms. The number of para-hydroxylation sites is 2. The molecule has 298 valence electrons. The highest BCUT2D eigenvalue weighted by molar-refractivity contribution is 6.15. The van der Waals surface area contributed by atoms with Gasteiger partial charge in [0.05, 0.1) is 35.4 Å². The molecule has 5 amide bonds. The number of primary amides is 1. The van der Waals surface area contributed by atoms with Gasteiger partial charge in [0.2, 0.25) is 23.6 Å². The second-order valence-electron chi connectivity index (χ2n) is 13.6. The Balaban J connectivity index is 1.48. The van der Waals surface area contributed by atoms with Crippen molar-refractivity contribution in [1.29, 1.82) is 0 Å². The highest BCUT2D eigenvalue weighted by atomic mass is 16.3. The predicted octanol–water partition coefficient (Wildman–Crippen LogP) is 0.0251. The number of nitrogens with one attached hydrogen (secondary N) is 5. The number of nitrogens with two attached hydrogens (primary N) is 3. The van der Waals surface area contributed by atoms with Crippen molar-refractivity contribution in [2.75, 3.05) is 25.0 Å². The molecule has 0 saturated heterocycles. The van der Waals surface area contributed by atoms with Gasteiger partial charge in [0.15, 0.2) is 5.96 Å². The molecule has 0 saturated carbocycles. The van der Waals surface area contributed by atoms with Crippen LogP contribution in [0.2, 0.25) is 0 Å². The van der Waals surface area contributed by atoms with Crippen molar-refractivity contribution in [1.82, 2.24) is 26.3 Å². The second kappa shape index (κ2) is 20.4. The lowest BCUT2D eigenvalue weighted by molar-refractivity contribution is -0.368. The van der Waals surface area contributed by atoms with Crippen molar-refractivity contribution in [2.24, 2.45) is 28.1 Å². The second-order valence-corrected chi connectivity index (χ2v) is 13.6. The first-order chi connectivity index (χ1) is 26.8. The highest BCUT2D eigenvalue weighted by Crippen LogP contribution is 2.34. The fourth-order valence-corrected chi connectivity index (χ4v) is 5.94. The molecule has 17 nitrogen and oxygen atoms in total. The van der Waals surface area contributed by atoms with Crippen molar-refractivity contribution in [3.63, 3.8) is 0 Å². The first kappa shape index (κ1) is 42.4. The van der Waals surface area contributed by atoms with E-state index in [1.54, 1.807) is 26.0 Å². The molecule has 0 spiro atoms. The average molecular weight is 771 g/mol. The van der Waals surface area contributed by atoms with E-state index in [1.165, 1.54) is 0 Å². The number of hydrogen-bond acceptors (Lipinski definition) is 9. The van der Waals surface area contributed by atoms with E-state index in [9.17, 15) is 29.1 Å². The summed E-state index contributed by atoms with van der Waals surface area (Å²) in [5.74, 6) is -3.01. The van der Waals surface area contributed by atoms with Crippen LogP contribution in [0.15, 0.2) is 71.7 Å². The van der Waals surface area contributed by atoms with Crippen molar-refractivity contribution in [3.8, 4) is 0 Å². The fraction of sp³-hybridized carbons (Fsp3) is 0.359. The molecule has 56 heavy (non-hydrogen) atoms. The summed E-state index contributed by atoms with van der Waals surface area (Å²) < 4.78 is 0. The Bertz CT molecular complexity index is 2050. The quantitative estimate of drug-likeness (QED) is 0.0249. The minimum atomic E-state index is -1.19. The Kier molecular flexibility index (Phi) is 15.4. The molecule has 0 radical (unpaired) electrons. The van der Waals surface area contributed by atoms with E-state index in [2.05, 4.69) is 37.3 Å².